The molecule has 0 amide bonds. The van der Waals surface area contributed by atoms with Crippen molar-refractivity contribution in [2.75, 3.05) is 18.0 Å². The molecule has 0 aromatic heterocycles. The average Bonchev–Trinajstić information content (AvgIpc) is 2.35. The van der Waals surface area contributed by atoms with Crippen molar-refractivity contribution in [1.82, 2.24) is 0 Å². The van der Waals surface area contributed by atoms with Gasteiger partial charge in [0.25, 0.3) is 0 Å². The first kappa shape index (κ1) is 15.5. The van der Waals surface area contributed by atoms with E-state index >= 15 is 0 Å². The highest BCUT2D eigenvalue weighted by molar-refractivity contribution is 9.10. The molecule has 3 heteroatoms. The summed E-state index contributed by atoms with van der Waals surface area (Å²) in [6.45, 7) is 10.5. The van der Waals surface area contributed by atoms with Gasteiger partial charge in [-0.2, -0.15) is 0 Å². The molecule has 0 bridgehead atoms. The minimum atomic E-state index is -0.417. The van der Waals surface area contributed by atoms with Crippen LogP contribution in [0, 0.1) is 5.92 Å². The van der Waals surface area contributed by atoms with E-state index in [9.17, 15) is 5.11 Å². The first-order chi connectivity index (χ1) is 8.49. The summed E-state index contributed by atoms with van der Waals surface area (Å²) in [6.07, 6.45) is 0.778. The zero-order chi connectivity index (χ0) is 13.7. The fourth-order valence-electron chi connectivity index (χ4n) is 1.94. The fraction of sp³-hybridized carbons (Fsp3) is 0.600. The van der Waals surface area contributed by atoms with E-state index in [2.05, 4.69) is 47.7 Å². The van der Waals surface area contributed by atoms with Gasteiger partial charge >= 0.3 is 0 Å². The second-order valence-electron chi connectivity index (χ2n) is 4.94. The molecule has 0 saturated carbocycles. The maximum Gasteiger partial charge on any atom is 0.0762 e. The van der Waals surface area contributed by atoms with Crippen LogP contribution in [0.4, 0.5) is 5.69 Å². The number of nitrogens with zero attached hydrogens (tertiary/aromatic N) is 1. The third-order valence-electron chi connectivity index (χ3n) is 3.41. The van der Waals surface area contributed by atoms with E-state index in [4.69, 9.17) is 0 Å². The quantitative estimate of drug-likeness (QED) is 0.842. The Labute approximate surface area is 119 Å². The predicted molar refractivity (Wildman–Crippen MR) is 82.1 cm³/mol. The molecule has 1 aromatic rings. The highest BCUT2D eigenvalue weighted by atomic mass is 79.9. The van der Waals surface area contributed by atoms with Crippen molar-refractivity contribution in [3.63, 3.8) is 0 Å². The molecule has 2 atom stereocenters. The Bertz CT molecular complexity index is 379. The van der Waals surface area contributed by atoms with Gasteiger partial charge in [-0.15, -0.1) is 0 Å². The van der Waals surface area contributed by atoms with Gasteiger partial charge in [-0.3, -0.25) is 0 Å². The third kappa shape index (κ3) is 3.99. The predicted octanol–water partition coefficient (Wildman–Crippen LogP) is 4.37. The molecular weight excluding hydrogens is 290 g/mol. The van der Waals surface area contributed by atoms with Crippen molar-refractivity contribution >= 4 is 21.6 Å². The van der Waals surface area contributed by atoms with E-state index < -0.39 is 6.10 Å². The largest absolute Gasteiger partial charge is 0.389 e. The molecule has 0 aliphatic rings. The minimum Gasteiger partial charge on any atom is -0.389 e. The zero-order valence-electron chi connectivity index (χ0n) is 11.8. The Hall–Kier alpha value is -0.540. The monoisotopic (exact) mass is 313 g/mol. The van der Waals surface area contributed by atoms with Crippen LogP contribution in [0.5, 0.6) is 0 Å². The number of halogens is 1. The smallest absolute Gasteiger partial charge is 0.0762 e. The molecule has 0 spiro atoms. The van der Waals surface area contributed by atoms with Crippen LogP contribution in [-0.2, 0) is 0 Å². The fourth-order valence-corrected chi connectivity index (χ4v) is 2.59. The zero-order valence-corrected chi connectivity index (χ0v) is 13.4. The molecule has 0 saturated heterocycles. The van der Waals surface area contributed by atoms with Gasteiger partial charge in [0.05, 0.1) is 11.8 Å². The van der Waals surface area contributed by atoms with Crippen molar-refractivity contribution < 1.29 is 5.11 Å². The molecule has 18 heavy (non-hydrogen) atoms. The van der Waals surface area contributed by atoms with E-state index in [0.717, 1.165) is 23.1 Å². The van der Waals surface area contributed by atoms with Crippen molar-refractivity contribution in [2.24, 2.45) is 5.92 Å². The Morgan fingerprint density at radius 3 is 2.39 bits per heavy atom. The van der Waals surface area contributed by atoms with Crippen molar-refractivity contribution in [1.29, 1.82) is 0 Å². The molecule has 102 valence electrons. The molecule has 1 rings (SSSR count). The molecule has 0 aliphatic carbocycles. The summed E-state index contributed by atoms with van der Waals surface area (Å²) in [7, 11) is 0. The summed E-state index contributed by atoms with van der Waals surface area (Å²) in [5, 5.41) is 9.58. The lowest BCUT2D eigenvalue weighted by molar-refractivity contribution is 0.199. The van der Waals surface area contributed by atoms with Crippen molar-refractivity contribution in [3.8, 4) is 0 Å². The average molecular weight is 314 g/mol. The van der Waals surface area contributed by atoms with Crippen LogP contribution in [0.2, 0.25) is 0 Å². The number of hydrogen-bond acceptors (Lipinski definition) is 2. The van der Waals surface area contributed by atoms with Crippen LogP contribution < -0.4 is 4.90 Å². The number of hydrogen-bond donors (Lipinski definition) is 1. The Balaban J connectivity index is 2.93. The molecule has 0 fully saturated rings. The standard InChI is InChI=1S/C15H24BrNO/c1-5-11(3)10-17(6-2)15-8-7-13(12(4)18)9-14(15)16/h7-9,11-12,18H,5-6,10H2,1-4H3/t11?,12-/m0/s1. The number of anilines is 1. The van der Waals surface area contributed by atoms with Crippen LogP contribution in [0.15, 0.2) is 22.7 Å². The topological polar surface area (TPSA) is 23.5 Å². The van der Waals surface area contributed by atoms with E-state index in [-0.39, 0.29) is 0 Å². The van der Waals surface area contributed by atoms with Gasteiger partial charge in [0.1, 0.15) is 0 Å². The lowest BCUT2D eigenvalue weighted by Crippen LogP contribution is -2.28. The van der Waals surface area contributed by atoms with Gasteiger partial charge in [-0.05, 0) is 53.4 Å². The van der Waals surface area contributed by atoms with Gasteiger partial charge < -0.3 is 10.0 Å². The van der Waals surface area contributed by atoms with E-state index in [1.807, 2.05) is 12.1 Å². The highest BCUT2D eigenvalue weighted by Gasteiger charge is 2.12. The second kappa shape index (κ2) is 7.15. The molecule has 0 radical (unpaired) electrons. The van der Waals surface area contributed by atoms with Gasteiger partial charge in [0.2, 0.25) is 0 Å². The molecule has 1 aromatic carbocycles. The van der Waals surface area contributed by atoms with Crippen LogP contribution in [0.25, 0.3) is 0 Å². The van der Waals surface area contributed by atoms with E-state index in [1.165, 1.54) is 12.1 Å². The molecular formula is C15H24BrNO. The maximum atomic E-state index is 9.58. The lowest BCUT2D eigenvalue weighted by Gasteiger charge is -2.27. The summed E-state index contributed by atoms with van der Waals surface area (Å²) in [4.78, 5) is 2.38. The summed E-state index contributed by atoms with van der Waals surface area (Å²) in [5.41, 5.74) is 2.16. The molecule has 2 nitrogen and oxygen atoms in total. The number of rotatable bonds is 6. The maximum absolute atomic E-state index is 9.58. The third-order valence-corrected chi connectivity index (χ3v) is 4.04. The van der Waals surface area contributed by atoms with E-state index in [1.54, 1.807) is 6.92 Å². The van der Waals surface area contributed by atoms with Gasteiger partial charge in [-0.1, -0.05) is 26.3 Å². The highest BCUT2D eigenvalue weighted by Crippen LogP contribution is 2.30. The minimum absolute atomic E-state index is 0.417. The lowest BCUT2D eigenvalue weighted by atomic mass is 10.1. The molecule has 0 heterocycles. The van der Waals surface area contributed by atoms with Crippen molar-refractivity contribution in [3.05, 3.63) is 28.2 Å². The van der Waals surface area contributed by atoms with Gasteiger partial charge in [0, 0.05) is 17.6 Å². The molecule has 1 unspecified atom stereocenters. The Morgan fingerprint density at radius 1 is 1.28 bits per heavy atom. The molecule has 0 aliphatic heterocycles. The number of aliphatic hydroxyl groups excluding tert-OH is 1. The van der Waals surface area contributed by atoms with Gasteiger partial charge in [-0.25, -0.2) is 0 Å². The van der Waals surface area contributed by atoms with Crippen LogP contribution in [0.3, 0.4) is 0 Å². The second-order valence-corrected chi connectivity index (χ2v) is 5.79. The SMILES string of the molecule is CCC(C)CN(CC)c1ccc([C@H](C)O)cc1Br. The van der Waals surface area contributed by atoms with Crippen LogP contribution in [-0.4, -0.2) is 18.2 Å². The van der Waals surface area contributed by atoms with E-state index in [0.29, 0.717) is 5.92 Å². The first-order valence-electron chi connectivity index (χ1n) is 6.72. The number of benzene rings is 1. The number of aliphatic hydroxyl groups is 1. The van der Waals surface area contributed by atoms with Crippen LogP contribution in [0.1, 0.15) is 45.8 Å². The van der Waals surface area contributed by atoms with Crippen molar-refractivity contribution in [2.45, 2.75) is 40.2 Å². The Morgan fingerprint density at radius 2 is 1.94 bits per heavy atom. The summed E-state index contributed by atoms with van der Waals surface area (Å²) in [6, 6.07) is 6.11. The first-order valence-corrected chi connectivity index (χ1v) is 7.51. The summed E-state index contributed by atoms with van der Waals surface area (Å²) in [5.74, 6) is 0.688. The molecule has 1 N–H and O–H groups in total. The Kier molecular flexibility index (Phi) is 6.16. The normalized spacial score (nSPS) is 14.3. The van der Waals surface area contributed by atoms with Crippen LogP contribution >= 0.6 is 15.9 Å². The summed E-state index contributed by atoms with van der Waals surface area (Å²) < 4.78 is 1.06. The van der Waals surface area contributed by atoms with Gasteiger partial charge in [0.15, 0.2) is 0 Å². The summed E-state index contributed by atoms with van der Waals surface area (Å²) >= 11 is 3.62.